The van der Waals surface area contributed by atoms with E-state index in [-0.39, 0.29) is 16.5 Å². The Labute approximate surface area is 144 Å². The zero-order valence-electron chi connectivity index (χ0n) is 14.4. The summed E-state index contributed by atoms with van der Waals surface area (Å²) in [5, 5.41) is 9.98. The first-order valence-corrected chi connectivity index (χ1v) is 9.15. The molecule has 0 aromatic heterocycles. The third-order valence-electron chi connectivity index (χ3n) is 7.52. The standard InChI is InChI=1S/C22H24N2/c1-20(15-16-9-5-3-6-10-16)21(2)18-13-14-19(18)22(20,24-23-21)17-11-7-4-8-12-17/h3-12,18-19H,13-15H2,1-2H3/t18-,19+,20-,21+,22-/m0/s1. The first kappa shape index (κ1) is 14.4. The van der Waals surface area contributed by atoms with E-state index in [0.29, 0.717) is 11.8 Å². The summed E-state index contributed by atoms with van der Waals surface area (Å²) in [6.45, 7) is 4.82. The number of hydrogen-bond acceptors (Lipinski definition) is 2. The number of fused-ring (bicyclic) bond motifs is 5. The van der Waals surface area contributed by atoms with Crippen molar-refractivity contribution in [3.05, 3.63) is 71.8 Å². The second-order valence-electron chi connectivity index (χ2n) is 8.26. The smallest absolute Gasteiger partial charge is 0.118 e. The molecule has 0 saturated heterocycles. The normalized spacial score (nSPS) is 41.9. The summed E-state index contributed by atoms with van der Waals surface area (Å²) < 4.78 is 0. The largest absolute Gasteiger partial charge is 0.186 e. The fraction of sp³-hybridized carbons (Fsp3) is 0.455. The molecule has 0 spiro atoms. The van der Waals surface area contributed by atoms with Crippen molar-refractivity contribution in [3.63, 3.8) is 0 Å². The molecule has 5 rings (SSSR count). The minimum absolute atomic E-state index is 0.0363. The molecule has 122 valence electrons. The third-order valence-corrected chi connectivity index (χ3v) is 7.52. The highest BCUT2D eigenvalue weighted by atomic mass is 15.3. The van der Waals surface area contributed by atoms with Gasteiger partial charge in [-0.2, -0.15) is 10.2 Å². The lowest BCUT2D eigenvalue weighted by molar-refractivity contribution is 0.0898. The predicted octanol–water partition coefficient (Wildman–Crippen LogP) is 5.40. The van der Waals surface area contributed by atoms with Crippen LogP contribution in [0, 0.1) is 17.3 Å². The van der Waals surface area contributed by atoms with Crippen LogP contribution in [-0.2, 0) is 12.0 Å². The van der Waals surface area contributed by atoms with Gasteiger partial charge in [-0.15, -0.1) is 0 Å². The van der Waals surface area contributed by atoms with Crippen molar-refractivity contribution < 1.29 is 0 Å². The van der Waals surface area contributed by atoms with Crippen molar-refractivity contribution in [2.45, 2.75) is 44.2 Å². The van der Waals surface area contributed by atoms with E-state index in [4.69, 9.17) is 10.2 Å². The summed E-state index contributed by atoms with van der Waals surface area (Å²) in [5.41, 5.74) is 2.61. The van der Waals surface area contributed by atoms with Gasteiger partial charge in [-0.05, 0) is 49.1 Å². The molecule has 1 heterocycles. The first-order chi connectivity index (χ1) is 11.6. The number of benzene rings is 2. The monoisotopic (exact) mass is 316 g/mol. The number of rotatable bonds is 3. The summed E-state index contributed by atoms with van der Waals surface area (Å²) in [5.74, 6) is 1.33. The van der Waals surface area contributed by atoms with Crippen LogP contribution in [0.4, 0.5) is 0 Å². The Kier molecular flexibility index (Phi) is 2.73. The van der Waals surface area contributed by atoms with E-state index in [1.807, 2.05) is 0 Å². The van der Waals surface area contributed by atoms with Crippen molar-refractivity contribution in [2.75, 3.05) is 0 Å². The van der Waals surface area contributed by atoms with Gasteiger partial charge in [0.2, 0.25) is 0 Å². The predicted molar refractivity (Wildman–Crippen MR) is 95.8 cm³/mol. The fourth-order valence-electron chi connectivity index (χ4n) is 6.03. The molecule has 0 N–H and O–H groups in total. The average Bonchev–Trinajstić information content (AvgIpc) is 2.83. The Bertz CT molecular complexity index is 799. The Morgan fingerprint density at radius 3 is 2.08 bits per heavy atom. The van der Waals surface area contributed by atoms with Crippen LogP contribution in [0.1, 0.15) is 37.8 Å². The maximum atomic E-state index is 5.03. The van der Waals surface area contributed by atoms with Crippen LogP contribution in [0.2, 0.25) is 0 Å². The van der Waals surface area contributed by atoms with Crippen LogP contribution >= 0.6 is 0 Å². The lowest BCUT2D eigenvalue weighted by atomic mass is 9.60. The third kappa shape index (κ3) is 1.44. The fourth-order valence-corrected chi connectivity index (χ4v) is 6.03. The molecule has 2 aromatic rings. The minimum Gasteiger partial charge on any atom is -0.186 e. The summed E-state index contributed by atoms with van der Waals surface area (Å²) >= 11 is 0. The van der Waals surface area contributed by atoms with Crippen LogP contribution in [0.25, 0.3) is 0 Å². The molecule has 2 heteroatoms. The first-order valence-electron chi connectivity index (χ1n) is 9.15. The Morgan fingerprint density at radius 2 is 1.46 bits per heavy atom. The van der Waals surface area contributed by atoms with Crippen LogP contribution in [0.5, 0.6) is 0 Å². The molecular weight excluding hydrogens is 292 g/mol. The Morgan fingerprint density at radius 1 is 0.833 bits per heavy atom. The molecule has 2 aromatic carbocycles. The van der Waals surface area contributed by atoms with Gasteiger partial charge >= 0.3 is 0 Å². The van der Waals surface area contributed by atoms with Crippen molar-refractivity contribution in [1.29, 1.82) is 0 Å². The van der Waals surface area contributed by atoms with Crippen molar-refractivity contribution in [1.82, 2.24) is 0 Å². The van der Waals surface area contributed by atoms with Gasteiger partial charge in [0, 0.05) is 5.41 Å². The Hall–Kier alpha value is -1.96. The topological polar surface area (TPSA) is 24.7 Å². The molecule has 2 saturated carbocycles. The summed E-state index contributed by atoms with van der Waals surface area (Å²) in [6, 6.07) is 21.9. The van der Waals surface area contributed by atoms with Gasteiger partial charge in [-0.25, -0.2) is 0 Å². The van der Waals surface area contributed by atoms with Crippen molar-refractivity contribution in [3.8, 4) is 0 Å². The van der Waals surface area contributed by atoms with Gasteiger partial charge in [-0.1, -0.05) is 67.6 Å². The quantitative estimate of drug-likeness (QED) is 0.725. The number of azo groups is 1. The van der Waals surface area contributed by atoms with Gasteiger partial charge in [0.15, 0.2) is 0 Å². The molecular formula is C22H24N2. The SMILES string of the molecule is C[C@]1(Cc2ccccc2)[C@]2(C)N=N[C@@]1(c1ccccc1)[C@@H]1CC[C@@H]12. The second-order valence-corrected chi connectivity index (χ2v) is 8.26. The minimum atomic E-state index is -0.151. The van der Waals surface area contributed by atoms with Crippen molar-refractivity contribution >= 4 is 0 Å². The van der Waals surface area contributed by atoms with E-state index >= 15 is 0 Å². The van der Waals surface area contributed by atoms with E-state index in [9.17, 15) is 0 Å². The average molecular weight is 316 g/mol. The molecule has 2 aliphatic carbocycles. The zero-order chi connectivity index (χ0) is 16.4. The maximum Gasteiger partial charge on any atom is 0.118 e. The van der Waals surface area contributed by atoms with Crippen LogP contribution in [-0.4, -0.2) is 5.54 Å². The van der Waals surface area contributed by atoms with Crippen LogP contribution in [0.15, 0.2) is 70.9 Å². The molecule has 2 fully saturated rings. The highest BCUT2D eigenvalue weighted by Crippen LogP contribution is 2.76. The Balaban J connectivity index is 1.70. The molecule has 2 nitrogen and oxygen atoms in total. The molecule has 0 unspecified atom stereocenters. The molecule has 0 amide bonds. The van der Waals surface area contributed by atoms with Crippen LogP contribution < -0.4 is 0 Å². The van der Waals surface area contributed by atoms with Crippen LogP contribution in [0.3, 0.4) is 0 Å². The lowest BCUT2D eigenvalue weighted by Crippen LogP contribution is -2.47. The van der Waals surface area contributed by atoms with Gasteiger partial charge in [-0.3, -0.25) is 0 Å². The summed E-state index contributed by atoms with van der Waals surface area (Å²) in [6.07, 6.45) is 3.64. The van der Waals surface area contributed by atoms with E-state index in [1.54, 1.807) is 0 Å². The van der Waals surface area contributed by atoms with Gasteiger partial charge < -0.3 is 0 Å². The summed E-state index contributed by atoms with van der Waals surface area (Å²) in [7, 11) is 0. The molecule has 0 radical (unpaired) electrons. The maximum absolute atomic E-state index is 5.03. The highest BCUT2D eigenvalue weighted by molar-refractivity contribution is 5.42. The second kappa shape index (κ2) is 4.56. The highest BCUT2D eigenvalue weighted by Gasteiger charge is 2.78. The molecule has 24 heavy (non-hydrogen) atoms. The zero-order valence-corrected chi connectivity index (χ0v) is 14.4. The lowest BCUT2D eigenvalue weighted by Gasteiger charge is -2.45. The molecule has 5 atom stereocenters. The van der Waals surface area contributed by atoms with Crippen molar-refractivity contribution in [2.24, 2.45) is 27.5 Å². The van der Waals surface area contributed by atoms with E-state index in [1.165, 1.54) is 24.0 Å². The molecule has 3 aliphatic rings. The summed E-state index contributed by atoms with van der Waals surface area (Å²) in [4.78, 5) is 0. The van der Waals surface area contributed by atoms with E-state index < -0.39 is 0 Å². The van der Waals surface area contributed by atoms with Gasteiger partial charge in [0.1, 0.15) is 5.54 Å². The van der Waals surface area contributed by atoms with Gasteiger partial charge in [0.25, 0.3) is 0 Å². The molecule has 1 aliphatic heterocycles. The molecule has 2 bridgehead atoms. The number of hydrogen-bond donors (Lipinski definition) is 0. The van der Waals surface area contributed by atoms with E-state index in [2.05, 4.69) is 74.5 Å². The van der Waals surface area contributed by atoms with Gasteiger partial charge in [0.05, 0.1) is 5.54 Å². The number of nitrogens with zero attached hydrogens (tertiary/aromatic N) is 2. The van der Waals surface area contributed by atoms with E-state index in [0.717, 1.165) is 6.42 Å².